The average molecular weight is 389 g/mol. The number of nitrogens with zero attached hydrogens (tertiary/aromatic N) is 3. The van der Waals surface area contributed by atoms with Crippen LogP contribution in [0.5, 0.6) is 0 Å². The Kier molecular flexibility index (Phi) is 13.9. The normalized spacial score (nSPS) is 9.93. The fourth-order valence-electron chi connectivity index (χ4n) is 2.35. The maximum Gasteiger partial charge on any atom is 0.135 e. The summed E-state index contributed by atoms with van der Waals surface area (Å²) in [6.07, 6.45) is 5.88. The zero-order valence-corrected chi connectivity index (χ0v) is 19.1. The summed E-state index contributed by atoms with van der Waals surface area (Å²) in [6, 6.07) is 4.10. The van der Waals surface area contributed by atoms with E-state index in [4.69, 9.17) is 5.11 Å². The van der Waals surface area contributed by atoms with Gasteiger partial charge in [-0.1, -0.05) is 54.4 Å². The third-order valence-corrected chi connectivity index (χ3v) is 4.09. The number of rotatable bonds is 7. The van der Waals surface area contributed by atoms with Crippen molar-refractivity contribution in [2.75, 3.05) is 19.0 Å². The van der Waals surface area contributed by atoms with E-state index in [1.165, 1.54) is 12.8 Å². The van der Waals surface area contributed by atoms with Crippen molar-refractivity contribution >= 4 is 5.82 Å². The van der Waals surface area contributed by atoms with Crippen LogP contribution in [0.15, 0.2) is 18.3 Å². The van der Waals surface area contributed by atoms with Crippen LogP contribution < -0.4 is 5.32 Å². The first-order chi connectivity index (χ1) is 13.5. The van der Waals surface area contributed by atoms with Crippen LogP contribution in [0.3, 0.4) is 0 Å². The third-order valence-electron chi connectivity index (χ3n) is 4.09. The summed E-state index contributed by atoms with van der Waals surface area (Å²) in [7, 11) is 1.87. The zero-order valence-electron chi connectivity index (χ0n) is 19.1. The summed E-state index contributed by atoms with van der Waals surface area (Å²) in [4.78, 5) is 13.8. The molecule has 0 bridgehead atoms. The molecule has 5 nitrogen and oxygen atoms in total. The van der Waals surface area contributed by atoms with E-state index in [1.54, 1.807) is 6.20 Å². The standard InChI is InChI=1S/C17H24N4O.C4H10.C2H6/c1-11(2)15-8-7-14(17(18-4)21-15)16-12(3)20-13(10-19-16)6-5-9-22;1-3-4-2;1-2/h7-8,10-11,22H,5-6,9H2,1-4H3,(H,18,21);3-4H2,1-2H3;1-2H3. The van der Waals surface area contributed by atoms with Crippen molar-refractivity contribution in [2.45, 2.75) is 80.1 Å². The van der Waals surface area contributed by atoms with Crippen molar-refractivity contribution in [3.05, 3.63) is 35.4 Å². The van der Waals surface area contributed by atoms with Gasteiger partial charge in [-0.25, -0.2) is 4.98 Å². The van der Waals surface area contributed by atoms with E-state index in [9.17, 15) is 0 Å². The van der Waals surface area contributed by atoms with E-state index in [0.717, 1.165) is 40.6 Å². The smallest absolute Gasteiger partial charge is 0.135 e. The molecule has 0 aliphatic heterocycles. The fraction of sp³-hybridized carbons (Fsp3) is 0.609. The minimum atomic E-state index is 0.174. The van der Waals surface area contributed by atoms with Crippen LogP contribution in [-0.4, -0.2) is 33.7 Å². The maximum absolute atomic E-state index is 8.90. The number of aryl methyl sites for hydroxylation is 2. The molecule has 5 heteroatoms. The minimum absolute atomic E-state index is 0.174. The van der Waals surface area contributed by atoms with E-state index >= 15 is 0 Å². The van der Waals surface area contributed by atoms with Crippen molar-refractivity contribution < 1.29 is 5.11 Å². The monoisotopic (exact) mass is 388 g/mol. The molecule has 0 fully saturated rings. The molecule has 0 aliphatic carbocycles. The summed E-state index contributed by atoms with van der Waals surface area (Å²) in [6.45, 7) is 14.7. The molecule has 0 aromatic carbocycles. The van der Waals surface area contributed by atoms with Gasteiger partial charge < -0.3 is 10.4 Å². The number of hydrogen-bond donors (Lipinski definition) is 2. The van der Waals surface area contributed by atoms with Gasteiger partial charge in [-0.05, 0) is 37.8 Å². The van der Waals surface area contributed by atoms with Gasteiger partial charge >= 0.3 is 0 Å². The van der Waals surface area contributed by atoms with Crippen molar-refractivity contribution in [1.82, 2.24) is 15.0 Å². The second-order valence-corrected chi connectivity index (χ2v) is 6.66. The number of anilines is 1. The summed E-state index contributed by atoms with van der Waals surface area (Å²) < 4.78 is 0. The van der Waals surface area contributed by atoms with Gasteiger partial charge in [0, 0.05) is 31.1 Å². The largest absolute Gasteiger partial charge is 0.396 e. The molecular formula is C23H40N4O. The molecule has 2 aromatic rings. The Balaban J connectivity index is 0.00000108. The highest BCUT2D eigenvalue weighted by molar-refractivity contribution is 5.74. The van der Waals surface area contributed by atoms with Crippen molar-refractivity contribution in [1.29, 1.82) is 0 Å². The second-order valence-electron chi connectivity index (χ2n) is 6.66. The van der Waals surface area contributed by atoms with Crippen LogP contribution in [0, 0.1) is 6.92 Å². The van der Waals surface area contributed by atoms with Gasteiger partial charge in [0.15, 0.2) is 0 Å². The number of pyridine rings is 1. The summed E-state index contributed by atoms with van der Waals surface area (Å²) in [5.74, 6) is 1.21. The van der Waals surface area contributed by atoms with E-state index in [-0.39, 0.29) is 6.61 Å². The number of aliphatic hydroxyl groups excluding tert-OH is 1. The molecular weight excluding hydrogens is 348 g/mol. The molecule has 2 aromatic heterocycles. The zero-order chi connectivity index (χ0) is 21.5. The lowest BCUT2D eigenvalue weighted by Crippen LogP contribution is -2.04. The van der Waals surface area contributed by atoms with Crippen molar-refractivity contribution in [2.24, 2.45) is 0 Å². The predicted molar refractivity (Wildman–Crippen MR) is 121 cm³/mol. The van der Waals surface area contributed by atoms with Gasteiger partial charge in [-0.3, -0.25) is 9.97 Å². The molecule has 0 radical (unpaired) electrons. The first-order valence-electron chi connectivity index (χ1n) is 10.6. The lowest BCUT2D eigenvalue weighted by atomic mass is 10.1. The van der Waals surface area contributed by atoms with Gasteiger partial charge in [-0.15, -0.1) is 0 Å². The Morgan fingerprint density at radius 1 is 1.07 bits per heavy atom. The Hall–Kier alpha value is -2.01. The van der Waals surface area contributed by atoms with E-state index in [0.29, 0.717) is 12.3 Å². The Morgan fingerprint density at radius 3 is 2.18 bits per heavy atom. The third kappa shape index (κ3) is 8.34. The molecule has 0 unspecified atom stereocenters. The summed E-state index contributed by atoms with van der Waals surface area (Å²) >= 11 is 0. The lowest BCUT2D eigenvalue weighted by molar-refractivity contribution is 0.288. The SMILES string of the molecule is CC.CCCC.CNc1nc(C(C)C)ccc1-c1ncc(CCCO)nc1C. The number of aliphatic hydroxyl groups is 1. The Bertz CT molecular complexity index is 670. The quantitative estimate of drug-likeness (QED) is 0.630. The molecule has 0 atom stereocenters. The minimum Gasteiger partial charge on any atom is -0.396 e. The second kappa shape index (κ2) is 15.0. The highest BCUT2D eigenvalue weighted by atomic mass is 16.2. The topological polar surface area (TPSA) is 70.9 Å². The first kappa shape index (κ1) is 26.0. The fourth-order valence-corrected chi connectivity index (χ4v) is 2.35. The highest BCUT2D eigenvalue weighted by Gasteiger charge is 2.13. The number of nitrogens with one attached hydrogen (secondary N) is 1. The highest BCUT2D eigenvalue weighted by Crippen LogP contribution is 2.28. The van der Waals surface area contributed by atoms with Gasteiger partial charge in [0.05, 0.1) is 17.1 Å². The number of unbranched alkanes of at least 4 members (excludes halogenated alkanes) is 1. The van der Waals surface area contributed by atoms with Crippen LogP contribution >= 0.6 is 0 Å². The molecule has 28 heavy (non-hydrogen) atoms. The predicted octanol–water partition coefficient (Wildman–Crippen LogP) is 5.77. The molecule has 2 heterocycles. The van der Waals surface area contributed by atoms with Gasteiger partial charge in [-0.2, -0.15) is 0 Å². The first-order valence-corrected chi connectivity index (χ1v) is 10.6. The molecule has 2 rings (SSSR count). The molecule has 0 aliphatic rings. The summed E-state index contributed by atoms with van der Waals surface area (Å²) in [5.41, 5.74) is 4.66. The van der Waals surface area contributed by atoms with E-state index < -0.39 is 0 Å². The van der Waals surface area contributed by atoms with Crippen LogP contribution in [0.25, 0.3) is 11.3 Å². The van der Waals surface area contributed by atoms with Crippen molar-refractivity contribution in [3.63, 3.8) is 0 Å². The van der Waals surface area contributed by atoms with Gasteiger partial charge in [0.1, 0.15) is 5.82 Å². The van der Waals surface area contributed by atoms with Crippen LogP contribution in [-0.2, 0) is 6.42 Å². The molecule has 0 spiro atoms. The maximum atomic E-state index is 8.90. The molecule has 0 amide bonds. The number of aromatic nitrogens is 3. The average Bonchev–Trinajstić information content (AvgIpc) is 2.73. The molecule has 158 valence electrons. The van der Waals surface area contributed by atoms with E-state index in [2.05, 4.69) is 54.0 Å². The molecule has 0 saturated carbocycles. The lowest BCUT2D eigenvalue weighted by Gasteiger charge is -2.13. The van der Waals surface area contributed by atoms with Crippen LogP contribution in [0.2, 0.25) is 0 Å². The Morgan fingerprint density at radius 2 is 1.71 bits per heavy atom. The Labute approximate surface area is 172 Å². The van der Waals surface area contributed by atoms with E-state index in [1.807, 2.05) is 33.9 Å². The summed E-state index contributed by atoms with van der Waals surface area (Å²) in [5, 5.41) is 12.1. The van der Waals surface area contributed by atoms with Crippen LogP contribution in [0.1, 0.15) is 83.8 Å². The van der Waals surface area contributed by atoms with Gasteiger partial charge in [0.2, 0.25) is 0 Å². The molecule has 0 saturated heterocycles. The number of hydrogen-bond acceptors (Lipinski definition) is 5. The van der Waals surface area contributed by atoms with Crippen molar-refractivity contribution in [3.8, 4) is 11.3 Å². The van der Waals surface area contributed by atoms with Gasteiger partial charge in [0.25, 0.3) is 0 Å². The van der Waals surface area contributed by atoms with Crippen LogP contribution in [0.4, 0.5) is 5.82 Å². The molecule has 2 N–H and O–H groups in total.